The van der Waals surface area contributed by atoms with Crippen molar-refractivity contribution in [3.63, 3.8) is 0 Å². The molecule has 0 radical (unpaired) electrons. The van der Waals surface area contributed by atoms with E-state index in [9.17, 15) is 23.5 Å². The predicted octanol–water partition coefficient (Wildman–Crippen LogP) is 7.28. The zero-order chi connectivity index (χ0) is 25.4. The van der Waals surface area contributed by atoms with Gasteiger partial charge in [-0.15, -0.1) is 11.3 Å². The summed E-state index contributed by atoms with van der Waals surface area (Å²) in [4.78, 5) is 24.5. The number of hydrogen-bond acceptors (Lipinski definition) is 5. The molecule has 1 heterocycles. The van der Waals surface area contributed by atoms with Crippen LogP contribution in [-0.4, -0.2) is 22.0 Å². The zero-order valence-corrected chi connectivity index (χ0v) is 19.9. The molecular formula is C26H17ClF2O5S. The van der Waals surface area contributed by atoms with Crippen LogP contribution < -0.4 is 4.74 Å². The highest BCUT2D eigenvalue weighted by molar-refractivity contribution is 7.21. The average molecular weight is 515 g/mol. The summed E-state index contributed by atoms with van der Waals surface area (Å²) in [5.74, 6) is -3.95. The van der Waals surface area contributed by atoms with Gasteiger partial charge in [0.2, 0.25) is 5.78 Å². The summed E-state index contributed by atoms with van der Waals surface area (Å²) in [5.41, 5.74) is 1.18. The zero-order valence-electron chi connectivity index (χ0n) is 18.4. The Bertz CT molecular complexity index is 1490. The van der Waals surface area contributed by atoms with Gasteiger partial charge in [0.25, 0.3) is 0 Å². The number of aromatic hydroxyl groups is 1. The van der Waals surface area contributed by atoms with Gasteiger partial charge in [-0.05, 0) is 61.4 Å². The summed E-state index contributed by atoms with van der Waals surface area (Å²) in [6.07, 6.45) is 1.43. The van der Waals surface area contributed by atoms with Crippen LogP contribution in [0.25, 0.3) is 16.2 Å². The number of phenols is 1. The number of carboxylic acids is 1. The Morgan fingerprint density at radius 2 is 1.66 bits per heavy atom. The summed E-state index contributed by atoms with van der Waals surface area (Å²) in [6.45, 7) is 3.50. The van der Waals surface area contributed by atoms with Crippen molar-refractivity contribution >= 4 is 50.9 Å². The van der Waals surface area contributed by atoms with E-state index in [0.717, 1.165) is 29.5 Å². The van der Waals surface area contributed by atoms with Crippen molar-refractivity contribution in [3.8, 4) is 17.2 Å². The Hall–Kier alpha value is -3.75. The number of aryl methyl sites for hydroxylation is 2. The molecule has 0 saturated carbocycles. The van der Waals surface area contributed by atoms with Crippen LogP contribution in [0.2, 0.25) is 5.02 Å². The van der Waals surface area contributed by atoms with Crippen molar-refractivity contribution in [3.05, 3.63) is 92.3 Å². The summed E-state index contributed by atoms with van der Waals surface area (Å²) in [6, 6.07) is 9.56. The van der Waals surface area contributed by atoms with Crippen LogP contribution >= 0.6 is 22.9 Å². The lowest BCUT2D eigenvalue weighted by molar-refractivity contribution is -0.131. The molecule has 0 fully saturated rings. The van der Waals surface area contributed by atoms with E-state index in [1.54, 1.807) is 32.0 Å². The Kier molecular flexibility index (Phi) is 6.60. The van der Waals surface area contributed by atoms with Gasteiger partial charge < -0.3 is 14.9 Å². The number of aliphatic carboxylic acids is 1. The molecule has 35 heavy (non-hydrogen) atoms. The van der Waals surface area contributed by atoms with Crippen molar-refractivity contribution in [2.24, 2.45) is 0 Å². The third-order valence-electron chi connectivity index (χ3n) is 5.22. The van der Waals surface area contributed by atoms with Gasteiger partial charge in [-0.3, -0.25) is 4.79 Å². The van der Waals surface area contributed by atoms with Gasteiger partial charge in [0.15, 0.2) is 5.75 Å². The van der Waals surface area contributed by atoms with Gasteiger partial charge in [0.05, 0.1) is 0 Å². The van der Waals surface area contributed by atoms with Gasteiger partial charge in [-0.25, -0.2) is 13.6 Å². The van der Waals surface area contributed by atoms with E-state index in [2.05, 4.69) is 0 Å². The smallest absolute Gasteiger partial charge is 0.328 e. The molecule has 0 unspecified atom stereocenters. The molecule has 0 aliphatic carbocycles. The lowest BCUT2D eigenvalue weighted by Crippen LogP contribution is -2.06. The third kappa shape index (κ3) is 4.89. The molecule has 3 aromatic carbocycles. The normalized spacial score (nSPS) is 11.3. The van der Waals surface area contributed by atoms with Gasteiger partial charge in [0, 0.05) is 44.4 Å². The van der Waals surface area contributed by atoms with Crippen molar-refractivity contribution in [2.75, 3.05) is 0 Å². The molecule has 0 aliphatic heterocycles. The number of thiophene rings is 1. The monoisotopic (exact) mass is 514 g/mol. The Morgan fingerprint density at radius 1 is 1.03 bits per heavy atom. The van der Waals surface area contributed by atoms with Gasteiger partial charge in [-0.1, -0.05) is 11.6 Å². The molecule has 0 amide bonds. The highest BCUT2D eigenvalue weighted by Crippen LogP contribution is 2.43. The van der Waals surface area contributed by atoms with E-state index in [1.807, 2.05) is 0 Å². The minimum atomic E-state index is -1.35. The van der Waals surface area contributed by atoms with Crippen LogP contribution in [0.4, 0.5) is 8.78 Å². The van der Waals surface area contributed by atoms with Crippen LogP contribution in [0.3, 0.4) is 0 Å². The minimum absolute atomic E-state index is 0.0187. The van der Waals surface area contributed by atoms with Crippen molar-refractivity contribution in [1.82, 2.24) is 0 Å². The summed E-state index contributed by atoms with van der Waals surface area (Å²) in [5, 5.41) is 19.6. The van der Waals surface area contributed by atoms with E-state index >= 15 is 0 Å². The Morgan fingerprint density at radius 3 is 2.26 bits per heavy atom. The van der Waals surface area contributed by atoms with Crippen LogP contribution in [0.15, 0.2) is 48.5 Å². The maximum Gasteiger partial charge on any atom is 0.328 e. The molecule has 0 bridgehead atoms. The second-order valence-corrected chi connectivity index (χ2v) is 9.25. The number of carbonyl (C=O) groups excluding carboxylic acids is 1. The molecule has 0 aliphatic rings. The number of carboxylic acid groups (broad SMARTS) is 1. The highest BCUT2D eigenvalue weighted by atomic mass is 35.5. The lowest BCUT2D eigenvalue weighted by Gasteiger charge is -2.12. The first kappa shape index (κ1) is 24.4. The molecule has 4 rings (SSSR count). The number of ether oxygens (including phenoxy) is 1. The molecule has 9 heteroatoms. The topological polar surface area (TPSA) is 83.8 Å². The van der Waals surface area contributed by atoms with Crippen molar-refractivity contribution < 1.29 is 33.3 Å². The summed E-state index contributed by atoms with van der Waals surface area (Å²) < 4.78 is 35.5. The first-order valence-electron chi connectivity index (χ1n) is 10.2. The summed E-state index contributed by atoms with van der Waals surface area (Å²) in [7, 11) is 0. The van der Waals surface area contributed by atoms with E-state index in [1.165, 1.54) is 12.1 Å². The third-order valence-corrected chi connectivity index (χ3v) is 6.57. The van der Waals surface area contributed by atoms with Gasteiger partial charge >= 0.3 is 5.97 Å². The number of rotatable bonds is 6. The Labute approximate surface area is 207 Å². The number of phenolic OH excluding ortho intramolecular Hbond substituents is 1. The molecule has 0 spiro atoms. The molecule has 1 aromatic heterocycles. The van der Waals surface area contributed by atoms with Crippen LogP contribution in [0.5, 0.6) is 17.2 Å². The van der Waals surface area contributed by atoms with E-state index < -0.39 is 23.2 Å². The highest BCUT2D eigenvalue weighted by Gasteiger charge is 2.25. The quantitative estimate of drug-likeness (QED) is 0.209. The fourth-order valence-electron chi connectivity index (χ4n) is 3.75. The molecule has 2 N–H and O–H groups in total. The van der Waals surface area contributed by atoms with Crippen LogP contribution in [0.1, 0.15) is 31.9 Å². The molecule has 5 nitrogen and oxygen atoms in total. The maximum atomic E-state index is 14.6. The van der Waals surface area contributed by atoms with Crippen molar-refractivity contribution in [1.29, 1.82) is 0 Å². The SMILES string of the molecule is Cc1cc(Cl)cc(C)c1C(=O)c1sc2cc(O)ccc2c1Oc1cc(F)c(/C=C/C(=O)O)c(F)c1. The number of carbonyl (C=O) groups is 2. The fraction of sp³-hybridized carbons (Fsp3) is 0.0769. The molecule has 4 aromatic rings. The predicted molar refractivity (Wildman–Crippen MR) is 131 cm³/mol. The first-order chi connectivity index (χ1) is 16.5. The fourth-order valence-corrected chi connectivity index (χ4v) is 5.18. The second kappa shape index (κ2) is 9.48. The number of hydrogen-bond donors (Lipinski definition) is 2. The Balaban J connectivity index is 1.85. The van der Waals surface area contributed by atoms with Crippen LogP contribution in [-0.2, 0) is 4.79 Å². The lowest BCUT2D eigenvalue weighted by atomic mass is 9.98. The molecule has 178 valence electrons. The molecular weight excluding hydrogens is 498 g/mol. The van der Waals surface area contributed by atoms with Crippen molar-refractivity contribution in [2.45, 2.75) is 13.8 Å². The van der Waals surface area contributed by atoms with E-state index in [-0.39, 0.29) is 27.9 Å². The second-order valence-electron chi connectivity index (χ2n) is 7.76. The number of ketones is 1. The standard InChI is InChI=1S/C26H17ClF2O5S/c1-12-7-14(27)8-13(2)23(12)24(33)26-25(18-4-3-15(30)9-21(18)35-26)34-16-10-19(28)17(20(29)11-16)5-6-22(31)32/h3-11,30H,1-2H3,(H,31,32)/b6-5+. The van der Waals surface area contributed by atoms with E-state index in [4.69, 9.17) is 21.4 Å². The number of fused-ring (bicyclic) bond motifs is 1. The van der Waals surface area contributed by atoms with Gasteiger partial charge in [-0.2, -0.15) is 0 Å². The minimum Gasteiger partial charge on any atom is -0.508 e. The number of benzene rings is 3. The van der Waals surface area contributed by atoms with Gasteiger partial charge in [0.1, 0.15) is 28.0 Å². The average Bonchev–Trinajstić information content (AvgIpc) is 3.09. The summed E-state index contributed by atoms with van der Waals surface area (Å²) >= 11 is 7.18. The molecule has 0 atom stereocenters. The largest absolute Gasteiger partial charge is 0.508 e. The number of halogens is 3. The molecule has 0 saturated heterocycles. The van der Waals surface area contributed by atoms with Crippen LogP contribution in [0, 0.1) is 25.5 Å². The van der Waals surface area contributed by atoms with E-state index in [0.29, 0.717) is 37.9 Å². The first-order valence-corrected chi connectivity index (χ1v) is 11.4. The maximum absolute atomic E-state index is 14.6.